The Labute approximate surface area is 121 Å². The molecule has 2 aromatic rings. The summed E-state index contributed by atoms with van der Waals surface area (Å²) in [5.74, 6) is 1.96. The minimum absolute atomic E-state index is 0.331. The largest absolute Gasteiger partial charge is 0.496 e. The molecule has 0 spiro atoms. The van der Waals surface area contributed by atoms with Gasteiger partial charge in [-0.3, -0.25) is 0 Å². The quantitative estimate of drug-likeness (QED) is 0.906. The van der Waals surface area contributed by atoms with Crippen LogP contribution in [-0.4, -0.2) is 17.1 Å². The molecule has 1 aromatic carbocycles. The Kier molecular flexibility index (Phi) is 4.27. The van der Waals surface area contributed by atoms with Crippen molar-refractivity contribution in [1.29, 1.82) is 0 Å². The standard InChI is InChI=1S/C14H18BrN3O/c1-8(2)9-4-5-10(11(6-9)19-3)13(16)14-17-7-12(15)18-14/h4-8,13H,16H2,1-3H3,(H,17,18). The Balaban J connectivity index is 2.38. The first-order chi connectivity index (χ1) is 9.02. The summed E-state index contributed by atoms with van der Waals surface area (Å²) in [5.41, 5.74) is 8.39. The summed E-state index contributed by atoms with van der Waals surface area (Å²) >= 11 is 3.33. The van der Waals surface area contributed by atoms with Gasteiger partial charge in [0.1, 0.15) is 16.2 Å². The van der Waals surface area contributed by atoms with E-state index in [4.69, 9.17) is 10.5 Å². The highest BCUT2D eigenvalue weighted by molar-refractivity contribution is 9.10. The molecule has 0 bridgehead atoms. The Morgan fingerprint density at radius 3 is 2.63 bits per heavy atom. The maximum Gasteiger partial charge on any atom is 0.128 e. The van der Waals surface area contributed by atoms with Crippen LogP contribution >= 0.6 is 15.9 Å². The molecule has 1 atom stereocenters. The number of imidazole rings is 1. The molecule has 0 aliphatic carbocycles. The van der Waals surface area contributed by atoms with Gasteiger partial charge in [-0.25, -0.2) is 4.98 Å². The highest BCUT2D eigenvalue weighted by Gasteiger charge is 2.17. The van der Waals surface area contributed by atoms with E-state index in [9.17, 15) is 0 Å². The molecule has 1 unspecified atom stereocenters. The third kappa shape index (κ3) is 2.98. The van der Waals surface area contributed by atoms with Crippen LogP contribution in [0.5, 0.6) is 5.75 Å². The van der Waals surface area contributed by atoms with Gasteiger partial charge in [-0.1, -0.05) is 26.0 Å². The number of hydrogen-bond acceptors (Lipinski definition) is 3. The van der Waals surface area contributed by atoms with E-state index < -0.39 is 0 Å². The van der Waals surface area contributed by atoms with Crippen molar-refractivity contribution in [3.63, 3.8) is 0 Å². The third-order valence-electron chi connectivity index (χ3n) is 3.12. The first-order valence-corrected chi connectivity index (χ1v) is 6.96. The molecule has 19 heavy (non-hydrogen) atoms. The highest BCUT2D eigenvalue weighted by Crippen LogP contribution is 2.30. The maximum absolute atomic E-state index is 6.24. The summed E-state index contributed by atoms with van der Waals surface area (Å²) in [6, 6.07) is 5.80. The molecule has 0 saturated carbocycles. The van der Waals surface area contributed by atoms with Crippen molar-refractivity contribution in [2.45, 2.75) is 25.8 Å². The normalized spacial score (nSPS) is 12.7. The van der Waals surface area contributed by atoms with Gasteiger partial charge in [-0.05, 0) is 33.5 Å². The number of rotatable bonds is 4. The first kappa shape index (κ1) is 14.1. The molecular weight excluding hydrogens is 306 g/mol. The lowest BCUT2D eigenvalue weighted by Crippen LogP contribution is -2.15. The number of aromatic amines is 1. The Morgan fingerprint density at radius 1 is 1.37 bits per heavy atom. The minimum atomic E-state index is -0.331. The van der Waals surface area contributed by atoms with Crippen LogP contribution < -0.4 is 10.5 Å². The predicted molar refractivity (Wildman–Crippen MR) is 79.4 cm³/mol. The lowest BCUT2D eigenvalue weighted by Gasteiger charge is -2.16. The van der Waals surface area contributed by atoms with Crippen LogP contribution in [0.3, 0.4) is 0 Å². The van der Waals surface area contributed by atoms with Crippen LogP contribution in [0.4, 0.5) is 0 Å². The van der Waals surface area contributed by atoms with E-state index in [-0.39, 0.29) is 6.04 Å². The number of nitrogens with zero attached hydrogens (tertiary/aromatic N) is 1. The van der Waals surface area contributed by atoms with Crippen LogP contribution in [0.1, 0.15) is 42.8 Å². The number of nitrogens with one attached hydrogen (secondary N) is 1. The lowest BCUT2D eigenvalue weighted by molar-refractivity contribution is 0.406. The monoisotopic (exact) mass is 323 g/mol. The smallest absolute Gasteiger partial charge is 0.128 e. The average Bonchev–Trinajstić information content (AvgIpc) is 2.83. The molecule has 0 aliphatic rings. The van der Waals surface area contributed by atoms with Crippen molar-refractivity contribution >= 4 is 15.9 Å². The fourth-order valence-electron chi connectivity index (χ4n) is 1.96. The van der Waals surface area contributed by atoms with Crippen molar-refractivity contribution in [2.75, 3.05) is 7.11 Å². The van der Waals surface area contributed by atoms with Gasteiger partial charge in [0.15, 0.2) is 0 Å². The number of aromatic nitrogens is 2. The Bertz CT molecular complexity index is 566. The second-order valence-electron chi connectivity index (χ2n) is 4.75. The van der Waals surface area contributed by atoms with Crippen LogP contribution in [-0.2, 0) is 0 Å². The Hall–Kier alpha value is -1.33. The molecule has 1 heterocycles. The van der Waals surface area contributed by atoms with Crippen molar-refractivity contribution in [2.24, 2.45) is 5.73 Å². The summed E-state index contributed by atoms with van der Waals surface area (Å²) < 4.78 is 6.27. The number of H-pyrrole nitrogens is 1. The van der Waals surface area contributed by atoms with Gasteiger partial charge in [-0.2, -0.15) is 0 Å². The molecule has 0 aliphatic heterocycles. The van der Waals surface area contributed by atoms with Crippen LogP contribution in [0.15, 0.2) is 29.0 Å². The van der Waals surface area contributed by atoms with Crippen molar-refractivity contribution in [3.05, 3.63) is 46.0 Å². The van der Waals surface area contributed by atoms with E-state index in [1.54, 1.807) is 13.3 Å². The summed E-state index contributed by atoms with van der Waals surface area (Å²) in [5, 5.41) is 0. The van der Waals surface area contributed by atoms with Gasteiger partial charge >= 0.3 is 0 Å². The molecule has 0 amide bonds. The number of methoxy groups -OCH3 is 1. The predicted octanol–water partition coefficient (Wildman–Crippen LogP) is 3.35. The molecule has 4 nitrogen and oxygen atoms in total. The van der Waals surface area contributed by atoms with E-state index >= 15 is 0 Å². The molecular formula is C14H18BrN3O. The molecule has 5 heteroatoms. The zero-order valence-electron chi connectivity index (χ0n) is 11.3. The van der Waals surface area contributed by atoms with Crippen molar-refractivity contribution in [3.8, 4) is 5.75 Å². The van der Waals surface area contributed by atoms with Crippen LogP contribution in [0.25, 0.3) is 0 Å². The molecule has 2 rings (SSSR count). The third-order valence-corrected chi connectivity index (χ3v) is 3.52. The van der Waals surface area contributed by atoms with Crippen LogP contribution in [0, 0.1) is 0 Å². The summed E-state index contributed by atoms with van der Waals surface area (Å²) in [4.78, 5) is 7.33. The molecule has 102 valence electrons. The molecule has 0 saturated heterocycles. The molecule has 0 radical (unpaired) electrons. The zero-order chi connectivity index (χ0) is 14.0. The highest BCUT2D eigenvalue weighted by atomic mass is 79.9. The second-order valence-corrected chi connectivity index (χ2v) is 5.60. The van der Waals surface area contributed by atoms with E-state index in [1.807, 2.05) is 12.1 Å². The number of benzene rings is 1. The maximum atomic E-state index is 6.24. The van der Waals surface area contributed by atoms with Gasteiger partial charge in [0, 0.05) is 5.56 Å². The number of hydrogen-bond donors (Lipinski definition) is 2. The second kappa shape index (κ2) is 5.75. The summed E-state index contributed by atoms with van der Waals surface area (Å²) in [6.45, 7) is 4.30. The van der Waals surface area contributed by atoms with Crippen molar-refractivity contribution < 1.29 is 4.74 Å². The van der Waals surface area contributed by atoms with Crippen molar-refractivity contribution in [1.82, 2.24) is 9.97 Å². The molecule has 1 aromatic heterocycles. The van der Waals surface area contributed by atoms with Crippen LogP contribution in [0.2, 0.25) is 0 Å². The number of ether oxygens (including phenoxy) is 1. The van der Waals surface area contributed by atoms with Gasteiger partial charge in [0.05, 0.1) is 19.3 Å². The fraction of sp³-hybridized carbons (Fsp3) is 0.357. The SMILES string of the molecule is COc1cc(C(C)C)ccc1C(N)c1ncc(Br)[nH]1. The first-order valence-electron chi connectivity index (χ1n) is 6.16. The fourth-order valence-corrected chi connectivity index (χ4v) is 2.27. The Morgan fingerprint density at radius 2 is 2.11 bits per heavy atom. The minimum Gasteiger partial charge on any atom is -0.496 e. The van der Waals surface area contributed by atoms with Gasteiger partial charge in [0.25, 0.3) is 0 Å². The van der Waals surface area contributed by atoms with Gasteiger partial charge in [0.2, 0.25) is 0 Å². The summed E-state index contributed by atoms with van der Waals surface area (Å²) in [6.07, 6.45) is 1.70. The molecule has 0 fully saturated rings. The van der Waals surface area contributed by atoms with E-state index in [0.29, 0.717) is 11.7 Å². The van der Waals surface area contributed by atoms with E-state index in [0.717, 1.165) is 15.9 Å². The summed E-state index contributed by atoms with van der Waals surface area (Å²) in [7, 11) is 1.66. The average molecular weight is 324 g/mol. The van der Waals surface area contributed by atoms with Gasteiger partial charge < -0.3 is 15.5 Å². The van der Waals surface area contributed by atoms with E-state index in [2.05, 4.69) is 45.8 Å². The topological polar surface area (TPSA) is 63.9 Å². The number of halogens is 1. The lowest BCUT2D eigenvalue weighted by atomic mass is 9.98. The zero-order valence-corrected chi connectivity index (χ0v) is 12.9. The molecule has 3 N–H and O–H groups in total. The van der Waals surface area contributed by atoms with Gasteiger partial charge in [-0.15, -0.1) is 0 Å². The number of nitrogens with two attached hydrogens (primary N) is 1. The van der Waals surface area contributed by atoms with E-state index in [1.165, 1.54) is 5.56 Å².